The molecule has 0 saturated carbocycles. The van der Waals surface area contributed by atoms with E-state index in [1.165, 1.54) is 17.9 Å². The van der Waals surface area contributed by atoms with E-state index in [9.17, 15) is 24.0 Å². The molecule has 1 aromatic heterocycles. The lowest BCUT2D eigenvalue weighted by Gasteiger charge is -2.39. The minimum atomic E-state index is -4.20. The molecule has 0 aromatic carbocycles. The van der Waals surface area contributed by atoms with Gasteiger partial charge in [0, 0.05) is 31.0 Å². The van der Waals surface area contributed by atoms with Crippen molar-refractivity contribution in [3.63, 3.8) is 0 Å². The van der Waals surface area contributed by atoms with Crippen LogP contribution in [0.25, 0.3) is 0 Å². The van der Waals surface area contributed by atoms with Crippen LogP contribution >= 0.6 is 23.7 Å². The monoisotopic (exact) mass is 772 g/mol. The molecule has 50 heavy (non-hydrogen) atoms. The van der Waals surface area contributed by atoms with Gasteiger partial charge in [0.1, 0.15) is 18.3 Å². The summed E-state index contributed by atoms with van der Waals surface area (Å²) >= 11 is 0. The third-order valence-electron chi connectivity index (χ3n) is 7.23. The molecule has 20 heteroatoms. The quantitative estimate of drug-likeness (QED) is 0.105. The molecule has 3 unspecified atom stereocenters. The van der Waals surface area contributed by atoms with Gasteiger partial charge in [0.15, 0.2) is 12.1 Å². The fraction of sp³-hybridized carbons (Fsp3) is 0.833. The van der Waals surface area contributed by atoms with Crippen LogP contribution in [0.15, 0.2) is 15.8 Å². The van der Waals surface area contributed by atoms with Gasteiger partial charge in [-0.15, -0.1) is 0 Å². The summed E-state index contributed by atoms with van der Waals surface area (Å²) in [5.74, 6) is -0.660. The van der Waals surface area contributed by atoms with E-state index >= 15 is 0 Å². The van der Waals surface area contributed by atoms with Gasteiger partial charge in [-0.05, 0) is 62.3 Å². The fourth-order valence-corrected chi connectivity index (χ4v) is 12.0. The molecule has 0 bridgehead atoms. The molecular formula is C30H55N4O13P3. The molecule has 1 aromatic rings. The number of nitrogens with zero attached hydrogens (tertiary/aromatic N) is 3. The van der Waals surface area contributed by atoms with E-state index in [0.29, 0.717) is 0 Å². The van der Waals surface area contributed by atoms with Crippen LogP contribution in [-0.2, 0) is 50.5 Å². The van der Waals surface area contributed by atoms with Crippen LogP contribution in [0.3, 0.4) is 0 Å². The molecule has 2 rings (SSSR count). The van der Waals surface area contributed by atoms with E-state index in [1.807, 2.05) is 32.4 Å². The van der Waals surface area contributed by atoms with E-state index in [2.05, 4.69) is 11.1 Å². The maximum absolute atomic E-state index is 14.2. The maximum Gasteiger partial charge on any atom is 0.343 e. The Bertz CT molecular complexity index is 1420. The highest BCUT2D eigenvalue weighted by atomic mass is 31.2. The lowest BCUT2D eigenvalue weighted by molar-refractivity contribution is -0.0881. The van der Waals surface area contributed by atoms with Crippen molar-refractivity contribution in [1.29, 1.82) is 5.26 Å². The van der Waals surface area contributed by atoms with Crippen LogP contribution in [0.5, 0.6) is 0 Å². The van der Waals surface area contributed by atoms with Gasteiger partial charge in [-0.25, -0.2) is 9.46 Å². The number of methoxy groups -OCH3 is 1. The number of aryl methyl sites for hydroxylation is 1. The first-order valence-electron chi connectivity index (χ1n) is 16.7. The number of H-pyrrole nitrogens is 1. The highest BCUT2D eigenvalue weighted by molar-refractivity contribution is 7.71. The molecule has 1 aliphatic heterocycles. The molecule has 0 spiro atoms. The summed E-state index contributed by atoms with van der Waals surface area (Å²) in [7, 11) is -8.50. The Hall–Kier alpha value is -1.34. The predicted molar refractivity (Wildman–Crippen MR) is 187 cm³/mol. The Labute approximate surface area is 296 Å². The van der Waals surface area contributed by atoms with Crippen LogP contribution in [0.2, 0.25) is 0 Å². The van der Waals surface area contributed by atoms with Crippen molar-refractivity contribution in [2.24, 2.45) is 0 Å². The Morgan fingerprint density at radius 1 is 0.980 bits per heavy atom. The van der Waals surface area contributed by atoms with E-state index in [-0.39, 0.29) is 63.7 Å². The summed E-state index contributed by atoms with van der Waals surface area (Å²) in [5, 5.41) is 9.25. The molecule has 0 amide bonds. The van der Waals surface area contributed by atoms with Crippen molar-refractivity contribution >= 4 is 23.7 Å². The summed E-state index contributed by atoms with van der Waals surface area (Å²) in [5.41, 5.74) is -1.08. The molecule has 1 fully saturated rings. The first-order chi connectivity index (χ1) is 23.6. The fourth-order valence-electron chi connectivity index (χ4n) is 5.34. The van der Waals surface area contributed by atoms with Gasteiger partial charge in [0.2, 0.25) is 0 Å². The lowest BCUT2D eigenvalue weighted by atomic mass is 10.1. The number of hydrogen-bond acceptors (Lipinski definition) is 15. The standard InChI is InChI=1S/C30H55N4O13P3/c1-11-42-49(37,43-12-2)20-50(38,44-13-3)47-24(9)25-26(46-48(41-16-14-15-31)34(21(4)5)22(6)7)27(40-18-17-39-10)29(45-25)33-19-23(8)28(35)32-30(33)36/h19,21-22,24-27,29H,11-14,16-18,20H2,1-10H3,(H,32,35,36)/t24-,25?,26+,27+,29+,48?,50?/m0/s1. The third-order valence-corrected chi connectivity index (χ3v) is 14.7. The van der Waals surface area contributed by atoms with Crippen molar-refractivity contribution in [3.8, 4) is 6.07 Å². The van der Waals surface area contributed by atoms with Gasteiger partial charge in [-0.1, -0.05) is 0 Å². The number of rotatable bonds is 24. The highest BCUT2D eigenvalue weighted by Crippen LogP contribution is 2.65. The van der Waals surface area contributed by atoms with Crippen molar-refractivity contribution in [1.82, 2.24) is 14.2 Å². The summed E-state index contributed by atoms with van der Waals surface area (Å²) < 4.78 is 84.5. The molecule has 288 valence electrons. The van der Waals surface area contributed by atoms with E-state index in [1.54, 1.807) is 34.6 Å². The average molecular weight is 773 g/mol. The molecule has 2 heterocycles. The first kappa shape index (κ1) is 44.8. The second-order valence-electron chi connectivity index (χ2n) is 11.8. The predicted octanol–water partition coefficient (Wildman–Crippen LogP) is 5.29. The number of aromatic nitrogens is 2. The van der Waals surface area contributed by atoms with Crippen LogP contribution in [-0.4, -0.2) is 103 Å². The van der Waals surface area contributed by atoms with Gasteiger partial charge in [0.25, 0.3) is 14.1 Å². The Morgan fingerprint density at radius 2 is 1.58 bits per heavy atom. The number of ether oxygens (including phenoxy) is 3. The molecule has 0 radical (unpaired) electrons. The SMILES string of the molecule is CCOP(=O)(CP(=O)(OCC)O[C@@H](C)C1O[C@@H](n2cc(C)c(=O)[nH]c2=O)[C@H](OCCOC)[C@@H]1OP(OCCC#N)N(C(C)C)C(C)C)OCC. The second kappa shape index (κ2) is 21.4. The van der Waals surface area contributed by atoms with Crippen LogP contribution in [0.1, 0.15) is 73.6 Å². The van der Waals surface area contributed by atoms with E-state index in [4.69, 9.17) is 41.4 Å². The topological polar surface area (TPSA) is 199 Å². The number of nitriles is 1. The summed E-state index contributed by atoms with van der Waals surface area (Å²) in [6.07, 6.45) is -4.01. The summed E-state index contributed by atoms with van der Waals surface area (Å²) in [6, 6.07) is 1.96. The molecule has 7 atom stereocenters. The largest absolute Gasteiger partial charge is 0.382 e. The average Bonchev–Trinajstić information content (AvgIpc) is 3.36. The Kier molecular flexibility index (Phi) is 19.2. The molecular weight excluding hydrogens is 717 g/mol. The van der Waals surface area contributed by atoms with Gasteiger partial charge in [-0.2, -0.15) is 5.26 Å². The van der Waals surface area contributed by atoms with E-state index < -0.39 is 71.5 Å². The Balaban J connectivity index is 2.73. The number of aromatic amines is 1. The minimum absolute atomic E-state index is 0.0354. The van der Waals surface area contributed by atoms with Gasteiger partial charge in [-0.3, -0.25) is 23.5 Å². The normalized spacial score (nSPS) is 22.2. The van der Waals surface area contributed by atoms with Crippen molar-refractivity contribution < 1.29 is 50.5 Å². The minimum Gasteiger partial charge on any atom is -0.382 e. The third kappa shape index (κ3) is 12.7. The molecule has 1 aliphatic rings. The second-order valence-corrected chi connectivity index (χ2v) is 17.8. The molecule has 0 aliphatic carbocycles. The van der Waals surface area contributed by atoms with Gasteiger partial charge < -0.3 is 41.4 Å². The van der Waals surface area contributed by atoms with Crippen molar-refractivity contribution in [2.75, 3.05) is 52.7 Å². The smallest absolute Gasteiger partial charge is 0.343 e. The maximum atomic E-state index is 14.2. The van der Waals surface area contributed by atoms with Gasteiger partial charge >= 0.3 is 20.9 Å². The first-order valence-corrected chi connectivity index (χ1v) is 21.3. The number of nitrogens with one attached hydrogen (secondary N) is 1. The molecule has 17 nitrogen and oxygen atoms in total. The summed E-state index contributed by atoms with van der Waals surface area (Å²) in [6.45, 7) is 16.3. The zero-order chi connectivity index (χ0) is 37.6. The number of hydrogen-bond donors (Lipinski definition) is 1. The van der Waals surface area contributed by atoms with Gasteiger partial charge in [0.05, 0.1) is 58.2 Å². The lowest BCUT2D eigenvalue weighted by Crippen LogP contribution is -2.44. The van der Waals surface area contributed by atoms with Crippen molar-refractivity contribution in [3.05, 3.63) is 32.6 Å². The van der Waals surface area contributed by atoms with E-state index in [0.717, 1.165) is 0 Å². The van der Waals surface area contributed by atoms with Crippen molar-refractivity contribution in [2.45, 2.75) is 111 Å². The molecule has 1 saturated heterocycles. The van der Waals surface area contributed by atoms with Crippen LogP contribution < -0.4 is 11.2 Å². The zero-order valence-corrected chi connectivity index (χ0v) is 33.4. The zero-order valence-electron chi connectivity index (χ0n) is 30.8. The Morgan fingerprint density at radius 3 is 2.12 bits per heavy atom. The summed E-state index contributed by atoms with van der Waals surface area (Å²) in [4.78, 5) is 27.8. The molecule has 1 N–H and O–H groups in total. The van der Waals surface area contributed by atoms with Crippen LogP contribution in [0.4, 0.5) is 0 Å². The van der Waals surface area contributed by atoms with Crippen LogP contribution in [0, 0.1) is 18.3 Å². The highest BCUT2D eigenvalue weighted by Gasteiger charge is 2.54.